The molecule has 10 heteroatoms. The molecule has 21 heavy (non-hydrogen) atoms. The van der Waals surface area contributed by atoms with Crippen molar-refractivity contribution in [3.63, 3.8) is 0 Å². The third kappa shape index (κ3) is 4.32. The van der Waals surface area contributed by atoms with Gasteiger partial charge in [-0.3, -0.25) is 4.18 Å². The molecule has 4 atom stereocenters. The van der Waals surface area contributed by atoms with Gasteiger partial charge in [-0.25, -0.2) is 15.1 Å². The van der Waals surface area contributed by atoms with Gasteiger partial charge in [-0.2, -0.15) is 8.42 Å². The monoisotopic (exact) mass is 318 g/mol. The number of aromatic nitrogens is 2. The zero-order valence-corrected chi connectivity index (χ0v) is 12.2. The number of nitrogens with zero attached hydrogens (tertiary/aromatic N) is 2. The summed E-state index contributed by atoms with van der Waals surface area (Å²) >= 11 is 0. The Morgan fingerprint density at radius 1 is 1.43 bits per heavy atom. The number of aliphatic hydroxyl groups is 2. The van der Waals surface area contributed by atoms with Gasteiger partial charge in [0, 0.05) is 17.7 Å². The molecular formula is C11H18N4O5S. The van der Waals surface area contributed by atoms with Gasteiger partial charge in [0.15, 0.2) is 0 Å². The third-order valence-electron chi connectivity index (χ3n) is 3.39. The first-order chi connectivity index (χ1) is 9.76. The molecule has 9 nitrogen and oxygen atoms in total. The van der Waals surface area contributed by atoms with Crippen LogP contribution in [0.2, 0.25) is 0 Å². The van der Waals surface area contributed by atoms with Crippen LogP contribution in [0, 0.1) is 12.8 Å². The van der Waals surface area contributed by atoms with E-state index in [9.17, 15) is 18.6 Å². The molecule has 0 saturated heterocycles. The molecule has 1 aliphatic rings. The van der Waals surface area contributed by atoms with Crippen molar-refractivity contribution in [3.05, 3.63) is 18.1 Å². The lowest BCUT2D eigenvalue weighted by atomic mass is 10.1. The molecule has 0 aliphatic heterocycles. The van der Waals surface area contributed by atoms with Crippen LogP contribution in [0.15, 0.2) is 12.4 Å². The van der Waals surface area contributed by atoms with Gasteiger partial charge >= 0.3 is 10.3 Å². The van der Waals surface area contributed by atoms with E-state index in [1.807, 2.05) is 0 Å². The summed E-state index contributed by atoms with van der Waals surface area (Å²) in [5.41, 5.74) is 0.759. The smallest absolute Gasteiger partial charge is 0.333 e. The van der Waals surface area contributed by atoms with E-state index >= 15 is 0 Å². The van der Waals surface area contributed by atoms with Gasteiger partial charge in [0.25, 0.3) is 0 Å². The summed E-state index contributed by atoms with van der Waals surface area (Å²) in [5.74, 6) is -0.0227. The lowest BCUT2D eigenvalue weighted by molar-refractivity contribution is 0.00778. The number of aryl methyl sites for hydroxylation is 1. The Bertz CT molecular complexity index is 596. The second kappa shape index (κ2) is 6.20. The van der Waals surface area contributed by atoms with E-state index < -0.39 is 34.5 Å². The van der Waals surface area contributed by atoms with Crippen molar-refractivity contribution in [1.29, 1.82) is 0 Å². The summed E-state index contributed by atoms with van der Waals surface area (Å²) in [5, 5.41) is 27.6. The first kappa shape index (κ1) is 16.0. The molecule has 0 aromatic carbocycles. The van der Waals surface area contributed by atoms with Crippen LogP contribution < -0.4 is 10.5 Å². The third-order valence-corrected chi connectivity index (χ3v) is 3.85. The van der Waals surface area contributed by atoms with Crippen molar-refractivity contribution in [3.8, 4) is 0 Å². The molecule has 0 spiro atoms. The summed E-state index contributed by atoms with van der Waals surface area (Å²) in [6, 6.07) is 1.23. The highest BCUT2D eigenvalue weighted by molar-refractivity contribution is 7.84. The number of anilines is 1. The maximum absolute atomic E-state index is 10.8. The zero-order chi connectivity index (χ0) is 15.6. The van der Waals surface area contributed by atoms with Gasteiger partial charge in [0.2, 0.25) is 0 Å². The second-order valence-corrected chi connectivity index (χ2v) is 6.27. The maximum Gasteiger partial charge on any atom is 0.333 e. The number of aliphatic hydroxyl groups excluding tert-OH is 2. The van der Waals surface area contributed by atoms with Crippen molar-refractivity contribution < 1.29 is 22.8 Å². The SMILES string of the molecule is Cc1cc(N[C@@H]2C[C@@H](COS(N)(=O)=O)[C@@H](O)[C@H]2O)ncn1. The van der Waals surface area contributed by atoms with Crippen molar-refractivity contribution in [1.82, 2.24) is 9.97 Å². The normalized spacial score (nSPS) is 29.5. The first-order valence-corrected chi connectivity index (χ1v) is 7.82. The van der Waals surface area contributed by atoms with Crippen molar-refractivity contribution >= 4 is 16.1 Å². The predicted molar refractivity (Wildman–Crippen MR) is 73.4 cm³/mol. The van der Waals surface area contributed by atoms with Crippen molar-refractivity contribution in [2.75, 3.05) is 11.9 Å². The van der Waals surface area contributed by atoms with E-state index in [2.05, 4.69) is 19.5 Å². The Morgan fingerprint density at radius 3 is 2.76 bits per heavy atom. The molecule has 2 rings (SSSR count). The summed E-state index contributed by atoms with van der Waals surface area (Å²) in [6.07, 6.45) is -0.459. The molecule has 1 aromatic heterocycles. The fraction of sp³-hybridized carbons (Fsp3) is 0.636. The summed E-state index contributed by atoms with van der Waals surface area (Å²) in [4.78, 5) is 7.97. The lowest BCUT2D eigenvalue weighted by Gasteiger charge is -2.18. The quantitative estimate of drug-likeness (QED) is 0.514. The second-order valence-electron chi connectivity index (χ2n) is 5.05. The van der Waals surface area contributed by atoms with Crippen LogP contribution in [0.5, 0.6) is 0 Å². The Kier molecular flexibility index (Phi) is 4.74. The lowest BCUT2D eigenvalue weighted by Crippen LogP contribution is -2.36. The Labute approximate surface area is 122 Å². The number of hydrogen-bond donors (Lipinski definition) is 4. The average molecular weight is 318 g/mol. The minimum absolute atomic E-state index is 0.280. The van der Waals surface area contributed by atoms with Gasteiger partial charge in [-0.05, 0) is 13.3 Å². The highest BCUT2D eigenvalue weighted by Crippen LogP contribution is 2.29. The van der Waals surface area contributed by atoms with Crippen LogP contribution in [-0.2, 0) is 14.5 Å². The molecule has 5 N–H and O–H groups in total. The molecule has 1 aromatic rings. The molecule has 118 valence electrons. The van der Waals surface area contributed by atoms with Gasteiger partial charge in [0.05, 0.1) is 18.8 Å². The van der Waals surface area contributed by atoms with E-state index in [0.29, 0.717) is 12.2 Å². The fourth-order valence-corrected chi connectivity index (χ4v) is 2.70. The number of nitrogens with one attached hydrogen (secondary N) is 1. The molecule has 1 fully saturated rings. The van der Waals surface area contributed by atoms with Crippen LogP contribution in [0.1, 0.15) is 12.1 Å². The maximum atomic E-state index is 10.8. The summed E-state index contributed by atoms with van der Waals surface area (Å²) in [7, 11) is -4.07. The van der Waals surface area contributed by atoms with Gasteiger partial charge < -0.3 is 15.5 Å². The van der Waals surface area contributed by atoms with E-state index in [0.717, 1.165) is 5.69 Å². The van der Waals surface area contributed by atoms with Crippen LogP contribution in [0.3, 0.4) is 0 Å². The molecule has 0 radical (unpaired) electrons. The molecule has 1 saturated carbocycles. The van der Waals surface area contributed by atoms with Gasteiger partial charge in [-0.15, -0.1) is 0 Å². The Morgan fingerprint density at radius 2 is 2.14 bits per heavy atom. The number of rotatable bonds is 5. The topological polar surface area (TPSA) is 148 Å². The minimum atomic E-state index is -4.07. The van der Waals surface area contributed by atoms with E-state index in [1.165, 1.54) is 6.33 Å². The molecule has 0 unspecified atom stereocenters. The largest absolute Gasteiger partial charge is 0.390 e. The average Bonchev–Trinajstić information content (AvgIpc) is 2.64. The van der Waals surface area contributed by atoms with E-state index in [4.69, 9.17) is 5.14 Å². The molecule has 0 bridgehead atoms. The van der Waals surface area contributed by atoms with Crippen LogP contribution >= 0.6 is 0 Å². The summed E-state index contributed by atoms with van der Waals surface area (Å²) in [6.45, 7) is 1.52. The highest BCUT2D eigenvalue weighted by Gasteiger charge is 2.42. The van der Waals surface area contributed by atoms with E-state index in [-0.39, 0.29) is 6.61 Å². The zero-order valence-electron chi connectivity index (χ0n) is 11.4. The van der Waals surface area contributed by atoms with Crippen molar-refractivity contribution in [2.45, 2.75) is 31.6 Å². The molecule has 1 aliphatic carbocycles. The fourth-order valence-electron chi connectivity index (χ4n) is 2.34. The van der Waals surface area contributed by atoms with Crippen LogP contribution in [0.25, 0.3) is 0 Å². The Hall–Kier alpha value is -1.33. The van der Waals surface area contributed by atoms with Gasteiger partial charge in [-0.1, -0.05) is 0 Å². The van der Waals surface area contributed by atoms with Crippen LogP contribution in [-0.4, -0.2) is 53.5 Å². The van der Waals surface area contributed by atoms with E-state index in [1.54, 1.807) is 13.0 Å². The molecule has 1 heterocycles. The number of hydrogen-bond acceptors (Lipinski definition) is 8. The standard InChI is InChI=1S/C11H18N4O5S/c1-6-2-9(14-5-13-6)15-8-3-7(10(16)11(8)17)4-20-21(12,18)19/h2,5,7-8,10-11,16-17H,3-4H2,1H3,(H2,12,18,19)(H,13,14,15)/t7-,8+,10+,11-/m0/s1. The minimum Gasteiger partial charge on any atom is -0.390 e. The highest BCUT2D eigenvalue weighted by atomic mass is 32.2. The summed E-state index contributed by atoms with van der Waals surface area (Å²) < 4.78 is 26.0. The first-order valence-electron chi connectivity index (χ1n) is 6.35. The number of nitrogens with two attached hydrogens (primary N) is 1. The Balaban J connectivity index is 1.99. The molecular weight excluding hydrogens is 300 g/mol. The predicted octanol–water partition coefficient (Wildman–Crippen LogP) is -1.47. The van der Waals surface area contributed by atoms with Gasteiger partial charge in [0.1, 0.15) is 18.2 Å². The van der Waals surface area contributed by atoms with Crippen LogP contribution in [0.4, 0.5) is 5.82 Å². The van der Waals surface area contributed by atoms with Crippen molar-refractivity contribution in [2.24, 2.45) is 11.1 Å². The molecule has 0 amide bonds.